The summed E-state index contributed by atoms with van der Waals surface area (Å²) < 4.78 is 22.9. The molecule has 0 aliphatic rings. The minimum absolute atomic E-state index is 0.149. The molecule has 2 unspecified atom stereocenters. The minimum Gasteiger partial charge on any atom is -0.545 e. The molecule has 0 fully saturated rings. The first-order chi connectivity index (χ1) is 43.6. The number of quaternary nitrogens is 1. The van der Waals surface area contributed by atoms with Gasteiger partial charge in [0.1, 0.15) is 13.2 Å². The molecule has 0 rings (SSSR count). The van der Waals surface area contributed by atoms with E-state index in [9.17, 15) is 19.5 Å². The molecule has 9 nitrogen and oxygen atoms in total. The lowest BCUT2D eigenvalue weighted by atomic mass is 10.0. The minimum atomic E-state index is -1.62. The van der Waals surface area contributed by atoms with E-state index >= 15 is 0 Å². The monoisotopic (exact) mass is 1250 g/mol. The maximum atomic E-state index is 12.9. The van der Waals surface area contributed by atoms with Gasteiger partial charge in [0.05, 0.1) is 40.3 Å². The second-order valence-corrected chi connectivity index (χ2v) is 27.6. The number of hydrogen-bond acceptors (Lipinski definition) is 8. The van der Waals surface area contributed by atoms with E-state index in [0.29, 0.717) is 23.9 Å². The van der Waals surface area contributed by atoms with Crippen molar-refractivity contribution < 1.29 is 42.9 Å². The number of nitrogens with zero attached hydrogens (tertiary/aromatic N) is 1. The van der Waals surface area contributed by atoms with Gasteiger partial charge in [-0.15, -0.1) is 0 Å². The van der Waals surface area contributed by atoms with Gasteiger partial charge in [-0.1, -0.05) is 345 Å². The van der Waals surface area contributed by atoms with Gasteiger partial charge < -0.3 is 33.3 Å². The summed E-state index contributed by atoms with van der Waals surface area (Å²) in [5.74, 6) is -2.26. The van der Waals surface area contributed by atoms with Gasteiger partial charge in [-0.3, -0.25) is 9.59 Å². The van der Waals surface area contributed by atoms with Crippen molar-refractivity contribution in [1.29, 1.82) is 0 Å². The van der Waals surface area contributed by atoms with Crippen LogP contribution < -0.4 is 5.11 Å². The topological polar surface area (TPSA) is 111 Å². The van der Waals surface area contributed by atoms with Crippen LogP contribution in [-0.4, -0.2) is 82.3 Å². The number of carboxylic acids is 1. The van der Waals surface area contributed by atoms with E-state index in [-0.39, 0.29) is 32.2 Å². The van der Waals surface area contributed by atoms with E-state index in [0.717, 1.165) is 51.4 Å². The second kappa shape index (κ2) is 71.1. The molecule has 9 heteroatoms. The van der Waals surface area contributed by atoms with Crippen molar-refractivity contribution >= 4 is 17.9 Å². The normalized spacial score (nSPS) is 12.9. The van der Waals surface area contributed by atoms with Crippen LogP contribution in [-0.2, 0) is 33.3 Å². The third-order valence-electron chi connectivity index (χ3n) is 17.5. The number of esters is 2. The third-order valence-corrected chi connectivity index (χ3v) is 17.5. The number of carbonyl (C=O) groups is 3. The number of carbonyl (C=O) groups excluding carboxylic acids is 3. The molecular formula is C80H149NO8. The predicted molar refractivity (Wildman–Crippen MR) is 380 cm³/mol. The van der Waals surface area contributed by atoms with Gasteiger partial charge in [0.2, 0.25) is 0 Å². The van der Waals surface area contributed by atoms with E-state index in [1.165, 1.54) is 302 Å². The molecule has 0 amide bonds. The summed E-state index contributed by atoms with van der Waals surface area (Å²) in [6, 6.07) is 0. The van der Waals surface area contributed by atoms with Crippen LogP contribution in [0.25, 0.3) is 0 Å². The Hall–Kier alpha value is -2.75. The van der Waals surface area contributed by atoms with Crippen molar-refractivity contribution in [3.05, 3.63) is 48.6 Å². The van der Waals surface area contributed by atoms with Gasteiger partial charge in [0, 0.05) is 12.8 Å². The Labute approximate surface area is 553 Å². The Morgan fingerprint density at radius 3 is 0.910 bits per heavy atom. The smallest absolute Gasteiger partial charge is 0.306 e. The lowest BCUT2D eigenvalue weighted by molar-refractivity contribution is -0.870. The van der Waals surface area contributed by atoms with Crippen LogP contribution in [0, 0.1) is 0 Å². The van der Waals surface area contributed by atoms with Gasteiger partial charge in [-0.2, -0.15) is 0 Å². The third kappa shape index (κ3) is 72.5. The molecule has 0 aliphatic carbocycles. The number of allylic oxidation sites excluding steroid dienone is 8. The number of unbranched alkanes of at least 4 members (excludes halogenated alkanes) is 50. The Morgan fingerprint density at radius 1 is 0.337 bits per heavy atom. The zero-order valence-corrected chi connectivity index (χ0v) is 59.8. The quantitative estimate of drug-likeness (QED) is 0.0195. The molecule has 0 aromatic heterocycles. The summed E-state index contributed by atoms with van der Waals surface area (Å²) in [4.78, 5) is 37.6. The average molecular weight is 1250 g/mol. The fourth-order valence-corrected chi connectivity index (χ4v) is 11.6. The van der Waals surface area contributed by atoms with Crippen LogP contribution in [0.3, 0.4) is 0 Å². The maximum absolute atomic E-state index is 12.9. The number of likely N-dealkylation sites (N-methyl/N-ethyl adjacent to an activating group) is 1. The summed E-state index contributed by atoms with van der Waals surface area (Å²) >= 11 is 0. The summed E-state index contributed by atoms with van der Waals surface area (Å²) in [5.41, 5.74) is 0. The summed E-state index contributed by atoms with van der Waals surface area (Å²) in [6.45, 7) is 4.80. The molecule has 2 atom stereocenters. The molecule has 89 heavy (non-hydrogen) atoms. The zero-order chi connectivity index (χ0) is 64.7. The zero-order valence-electron chi connectivity index (χ0n) is 59.8. The first-order valence-electron chi connectivity index (χ1n) is 38.8. The first-order valence-corrected chi connectivity index (χ1v) is 38.8. The average Bonchev–Trinajstić information content (AvgIpc) is 3.64. The molecule has 522 valence electrons. The van der Waals surface area contributed by atoms with Crippen LogP contribution in [0.5, 0.6) is 0 Å². The van der Waals surface area contributed by atoms with Gasteiger partial charge in [0.25, 0.3) is 0 Å². The van der Waals surface area contributed by atoms with Gasteiger partial charge in [-0.05, 0) is 77.0 Å². The van der Waals surface area contributed by atoms with Crippen molar-refractivity contribution in [2.75, 3.05) is 47.5 Å². The van der Waals surface area contributed by atoms with E-state index in [1.54, 1.807) is 0 Å². The SMILES string of the molecule is CCCCCCC/C=C\C/C=C\C/C=C\CCCCCCCCCCCCCCC(=O)OC(COC(=O)CCCCCCCCCCCCCCCCCCCCCCCCCCC/C=C\CCCCCCCCCC)COC(OCC[N+](C)(C)C)C(=O)[O-]. The standard InChI is InChI=1S/C80H149NO8/c1-6-8-10-12-14-16-18-20-22-24-26-28-30-32-34-35-36-37-38-39-40-41-42-43-45-46-48-50-52-54-56-58-60-62-64-66-68-70-77(82)87-74-76(75-88-80(79(84)85)86-73-72-81(3,4)5)89-78(83)71-69-67-65-63-61-59-57-55-53-51-49-47-44-33-31-29-27-25-23-21-19-17-15-13-11-9-7-2/h19,21,24-27,31,33,76,80H,6-18,20,22-23,28-30,32,34-75H2,1-5H3/b21-19-,26-24-,27-25-,33-31-. The van der Waals surface area contributed by atoms with Crippen LogP contribution >= 0.6 is 0 Å². The summed E-state index contributed by atoms with van der Waals surface area (Å²) in [5, 5.41) is 11.8. The Kier molecular flexibility index (Phi) is 68.9. The largest absolute Gasteiger partial charge is 0.545 e. The van der Waals surface area contributed by atoms with Crippen LogP contribution in [0.1, 0.15) is 386 Å². The highest BCUT2D eigenvalue weighted by atomic mass is 16.7. The van der Waals surface area contributed by atoms with Crippen molar-refractivity contribution in [2.45, 2.75) is 399 Å². The van der Waals surface area contributed by atoms with Gasteiger partial charge in [-0.25, -0.2) is 0 Å². The molecule has 0 aliphatic heterocycles. The fourth-order valence-electron chi connectivity index (χ4n) is 11.6. The number of carboxylic acid groups (broad SMARTS) is 1. The molecule has 0 aromatic carbocycles. The highest BCUT2D eigenvalue weighted by Crippen LogP contribution is 2.19. The summed E-state index contributed by atoms with van der Waals surface area (Å²) in [7, 11) is 5.94. The highest BCUT2D eigenvalue weighted by Gasteiger charge is 2.22. The number of rotatable bonds is 73. The number of hydrogen-bond donors (Lipinski definition) is 0. The molecule has 0 bridgehead atoms. The molecule has 0 N–H and O–H groups in total. The van der Waals surface area contributed by atoms with Crippen LogP contribution in [0.2, 0.25) is 0 Å². The van der Waals surface area contributed by atoms with Crippen molar-refractivity contribution in [1.82, 2.24) is 0 Å². The van der Waals surface area contributed by atoms with E-state index in [4.69, 9.17) is 18.9 Å². The Bertz CT molecular complexity index is 1600. The second-order valence-electron chi connectivity index (χ2n) is 27.6. The first kappa shape index (κ1) is 86.2. The number of ether oxygens (including phenoxy) is 4. The highest BCUT2D eigenvalue weighted by molar-refractivity contribution is 5.70. The van der Waals surface area contributed by atoms with Crippen molar-refractivity contribution in [3.8, 4) is 0 Å². The molecule has 0 saturated heterocycles. The molecule has 0 spiro atoms. The van der Waals surface area contributed by atoms with E-state index in [1.807, 2.05) is 21.1 Å². The van der Waals surface area contributed by atoms with Crippen LogP contribution in [0.15, 0.2) is 48.6 Å². The van der Waals surface area contributed by atoms with Gasteiger partial charge >= 0.3 is 11.9 Å². The van der Waals surface area contributed by atoms with E-state index in [2.05, 4.69) is 62.5 Å². The Morgan fingerprint density at radius 2 is 0.607 bits per heavy atom. The lowest BCUT2D eigenvalue weighted by Crippen LogP contribution is -2.44. The van der Waals surface area contributed by atoms with Crippen molar-refractivity contribution in [2.24, 2.45) is 0 Å². The molecule has 0 saturated carbocycles. The molecule has 0 heterocycles. The number of aliphatic carboxylic acids is 1. The molecule has 0 aromatic rings. The predicted octanol–water partition coefficient (Wildman–Crippen LogP) is 23.1. The van der Waals surface area contributed by atoms with E-state index < -0.39 is 24.3 Å². The molecule has 0 radical (unpaired) electrons. The maximum Gasteiger partial charge on any atom is 0.306 e. The molecular weight excluding hydrogens is 1100 g/mol. The Balaban J connectivity index is 3.99. The van der Waals surface area contributed by atoms with Gasteiger partial charge in [0.15, 0.2) is 12.4 Å². The van der Waals surface area contributed by atoms with Crippen molar-refractivity contribution in [3.63, 3.8) is 0 Å². The fraction of sp³-hybridized carbons (Fsp3) is 0.863. The summed E-state index contributed by atoms with van der Waals surface area (Å²) in [6.07, 6.45) is 89.4. The lowest BCUT2D eigenvalue weighted by Gasteiger charge is -2.26. The van der Waals surface area contributed by atoms with Crippen LogP contribution in [0.4, 0.5) is 0 Å².